The van der Waals surface area contributed by atoms with Gasteiger partial charge in [0.1, 0.15) is 17.4 Å². The molecule has 0 fully saturated rings. The molecule has 0 saturated carbocycles. The molecule has 8 heteroatoms. The minimum Gasteiger partial charge on any atom is -0.497 e. The summed E-state index contributed by atoms with van der Waals surface area (Å²) in [5, 5.41) is 0. The molecule has 2 rings (SSSR count). The summed E-state index contributed by atoms with van der Waals surface area (Å²) in [6, 6.07) is 8.64. The van der Waals surface area contributed by atoms with Crippen LogP contribution in [0.1, 0.15) is 53.5 Å². The Balaban J connectivity index is 2.60. The number of pyridine rings is 1. The highest BCUT2D eigenvalue weighted by Crippen LogP contribution is 2.31. The summed E-state index contributed by atoms with van der Waals surface area (Å²) in [7, 11) is -2.53. The van der Waals surface area contributed by atoms with Crippen molar-refractivity contribution in [1.82, 2.24) is 9.29 Å². The van der Waals surface area contributed by atoms with Gasteiger partial charge in [0.05, 0.1) is 12.0 Å². The van der Waals surface area contributed by atoms with Gasteiger partial charge in [-0.15, -0.1) is 0 Å². The molecule has 1 aromatic carbocycles. The van der Waals surface area contributed by atoms with Crippen molar-refractivity contribution in [3.05, 3.63) is 54.4 Å². The van der Waals surface area contributed by atoms with Crippen LogP contribution in [-0.2, 0) is 26.1 Å². The van der Waals surface area contributed by atoms with Crippen molar-refractivity contribution in [3.8, 4) is 5.75 Å². The predicted octanol–water partition coefficient (Wildman–Crippen LogP) is 4.43. The van der Waals surface area contributed by atoms with E-state index in [9.17, 15) is 13.2 Å². The number of hydrogen-bond donors (Lipinski definition) is 0. The van der Waals surface area contributed by atoms with Crippen LogP contribution in [0.15, 0.2) is 53.7 Å². The maximum Gasteiger partial charge on any atom is 0.325 e. The van der Waals surface area contributed by atoms with Gasteiger partial charge in [-0.05, 0) is 68.5 Å². The minimum absolute atomic E-state index is 0.0117. The number of aromatic nitrogens is 1. The van der Waals surface area contributed by atoms with Crippen LogP contribution in [0.25, 0.3) is 0 Å². The highest BCUT2D eigenvalue weighted by atomic mass is 32.2. The highest BCUT2D eigenvalue weighted by Gasteiger charge is 2.40. The van der Waals surface area contributed by atoms with Gasteiger partial charge < -0.3 is 9.47 Å². The van der Waals surface area contributed by atoms with E-state index in [4.69, 9.17) is 9.47 Å². The van der Waals surface area contributed by atoms with Gasteiger partial charge in [-0.3, -0.25) is 9.78 Å². The molecule has 0 unspecified atom stereocenters. The summed E-state index contributed by atoms with van der Waals surface area (Å²) >= 11 is 0. The summed E-state index contributed by atoms with van der Waals surface area (Å²) in [5.74, 6) is -0.0328. The molecule has 0 aliphatic carbocycles. The second-order valence-corrected chi connectivity index (χ2v) is 11.8. The summed E-state index contributed by atoms with van der Waals surface area (Å²) in [4.78, 5) is 17.5. The first-order valence-corrected chi connectivity index (χ1v) is 11.9. The smallest absolute Gasteiger partial charge is 0.325 e. The van der Waals surface area contributed by atoms with Gasteiger partial charge in [-0.1, -0.05) is 26.8 Å². The molecule has 0 spiro atoms. The van der Waals surface area contributed by atoms with Crippen molar-refractivity contribution < 1.29 is 22.7 Å². The topological polar surface area (TPSA) is 85.8 Å². The zero-order chi connectivity index (χ0) is 24.2. The summed E-state index contributed by atoms with van der Waals surface area (Å²) in [6.45, 7) is 11.2. The average Bonchev–Trinajstić information content (AvgIpc) is 2.69. The molecule has 1 aromatic heterocycles. The quantitative estimate of drug-likeness (QED) is 0.540. The van der Waals surface area contributed by atoms with Crippen LogP contribution in [0.3, 0.4) is 0 Å². The second kappa shape index (κ2) is 10.0. The molecule has 176 valence electrons. The molecule has 0 aliphatic heterocycles. The van der Waals surface area contributed by atoms with Gasteiger partial charge in [0, 0.05) is 18.9 Å². The normalized spacial score (nSPS) is 13.6. The SMILES string of the molecule is COc1ccc(S(=O)(=O)N(Cc2cccnc2)[C@H](CC(C)(C)C)C(=O)OC(C)(C)C)cc1. The lowest BCUT2D eigenvalue weighted by Gasteiger charge is -2.35. The molecule has 0 amide bonds. The first kappa shape index (κ1) is 25.8. The van der Waals surface area contributed by atoms with Gasteiger partial charge in [0.25, 0.3) is 0 Å². The Morgan fingerprint density at radius 3 is 2.16 bits per heavy atom. The number of ether oxygens (including phenoxy) is 2. The first-order chi connectivity index (χ1) is 14.7. The molecule has 0 aliphatic rings. The molecule has 7 nitrogen and oxygen atoms in total. The van der Waals surface area contributed by atoms with Gasteiger partial charge in [-0.25, -0.2) is 8.42 Å². The van der Waals surface area contributed by atoms with E-state index < -0.39 is 27.6 Å². The van der Waals surface area contributed by atoms with E-state index in [2.05, 4.69) is 4.98 Å². The Bertz CT molecular complexity index is 991. The molecule has 0 saturated heterocycles. The van der Waals surface area contributed by atoms with Crippen molar-refractivity contribution in [1.29, 1.82) is 0 Å². The number of hydrogen-bond acceptors (Lipinski definition) is 6. The third kappa shape index (κ3) is 7.31. The van der Waals surface area contributed by atoms with Crippen molar-refractivity contribution >= 4 is 16.0 Å². The fourth-order valence-corrected chi connectivity index (χ4v) is 4.74. The van der Waals surface area contributed by atoms with Crippen LogP contribution in [0.4, 0.5) is 0 Å². The second-order valence-electron chi connectivity index (χ2n) is 9.90. The molecule has 1 atom stereocenters. The van der Waals surface area contributed by atoms with Crippen LogP contribution in [0.5, 0.6) is 5.75 Å². The van der Waals surface area contributed by atoms with Crippen LogP contribution in [0, 0.1) is 5.41 Å². The Hall–Kier alpha value is -2.45. The number of methoxy groups -OCH3 is 1. The molecular weight excluding hydrogens is 428 g/mol. The number of esters is 1. The number of benzene rings is 1. The van der Waals surface area contributed by atoms with Crippen molar-refractivity contribution in [2.45, 2.75) is 71.0 Å². The molecule has 32 heavy (non-hydrogen) atoms. The zero-order valence-electron chi connectivity index (χ0n) is 20.0. The Labute approximate surface area is 191 Å². The van der Waals surface area contributed by atoms with Crippen LogP contribution in [0.2, 0.25) is 0 Å². The number of nitrogens with zero attached hydrogens (tertiary/aromatic N) is 2. The molecule has 1 heterocycles. The van der Waals surface area contributed by atoms with E-state index in [0.29, 0.717) is 11.3 Å². The number of sulfonamides is 1. The molecule has 0 radical (unpaired) electrons. The van der Waals surface area contributed by atoms with E-state index >= 15 is 0 Å². The Kier molecular flexibility index (Phi) is 8.07. The Morgan fingerprint density at radius 2 is 1.69 bits per heavy atom. The summed E-state index contributed by atoms with van der Waals surface area (Å²) in [6.07, 6.45) is 3.50. The Morgan fingerprint density at radius 1 is 1.06 bits per heavy atom. The number of carbonyl (C=O) groups is 1. The monoisotopic (exact) mass is 462 g/mol. The fourth-order valence-electron chi connectivity index (χ4n) is 3.17. The number of rotatable bonds is 8. The van der Waals surface area contributed by atoms with E-state index in [1.807, 2.05) is 20.8 Å². The summed E-state index contributed by atoms with van der Waals surface area (Å²) in [5.41, 5.74) is -0.409. The molecule has 2 aromatic rings. The van der Waals surface area contributed by atoms with E-state index in [-0.39, 0.29) is 23.3 Å². The lowest BCUT2D eigenvalue weighted by Crippen LogP contribution is -2.48. The maximum atomic E-state index is 13.8. The van der Waals surface area contributed by atoms with Crippen molar-refractivity contribution in [3.63, 3.8) is 0 Å². The molecule has 0 N–H and O–H groups in total. The molecular formula is C24H34N2O5S. The van der Waals surface area contributed by atoms with Crippen molar-refractivity contribution in [2.75, 3.05) is 7.11 Å². The number of carbonyl (C=O) groups excluding carboxylic acids is 1. The zero-order valence-corrected chi connectivity index (χ0v) is 20.8. The first-order valence-electron chi connectivity index (χ1n) is 10.5. The third-order valence-corrected chi connectivity index (χ3v) is 6.43. The van der Waals surface area contributed by atoms with Crippen LogP contribution >= 0.6 is 0 Å². The molecule has 0 bridgehead atoms. The van der Waals surface area contributed by atoms with E-state index in [1.54, 1.807) is 57.4 Å². The lowest BCUT2D eigenvalue weighted by atomic mass is 9.88. The van der Waals surface area contributed by atoms with E-state index in [0.717, 1.165) is 0 Å². The largest absolute Gasteiger partial charge is 0.497 e. The fraction of sp³-hybridized carbons (Fsp3) is 0.500. The van der Waals surface area contributed by atoms with Crippen molar-refractivity contribution in [2.24, 2.45) is 5.41 Å². The lowest BCUT2D eigenvalue weighted by molar-refractivity contribution is -0.160. The van der Waals surface area contributed by atoms with Gasteiger partial charge >= 0.3 is 5.97 Å². The minimum atomic E-state index is -4.05. The standard InChI is InChI=1S/C24H34N2O5S/c1-23(2,3)15-21(22(27)31-24(4,5)6)26(17-18-9-8-14-25-16-18)32(28,29)20-12-10-19(30-7)11-13-20/h8-14,16,21H,15,17H2,1-7H3/t21-/m1/s1. The van der Waals surface area contributed by atoms with Gasteiger partial charge in [-0.2, -0.15) is 4.31 Å². The predicted molar refractivity (Wildman–Crippen MR) is 124 cm³/mol. The average molecular weight is 463 g/mol. The van der Waals surface area contributed by atoms with Crippen LogP contribution in [-0.4, -0.2) is 42.4 Å². The van der Waals surface area contributed by atoms with Crippen LogP contribution < -0.4 is 4.74 Å². The maximum absolute atomic E-state index is 13.8. The van der Waals surface area contributed by atoms with Gasteiger partial charge in [0.2, 0.25) is 10.0 Å². The van der Waals surface area contributed by atoms with Gasteiger partial charge in [0.15, 0.2) is 0 Å². The highest BCUT2D eigenvalue weighted by molar-refractivity contribution is 7.89. The summed E-state index contributed by atoms with van der Waals surface area (Å²) < 4.78 is 39.6. The third-order valence-electron chi connectivity index (χ3n) is 4.56. The van der Waals surface area contributed by atoms with E-state index in [1.165, 1.54) is 23.5 Å².